The third-order valence-corrected chi connectivity index (χ3v) is 4.19. The van der Waals surface area contributed by atoms with Gasteiger partial charge in [0.25, 0.3) is 11.7 Å². The van der Waals surface area contributed by atoms with Crippen LogP contribution >= 0.6 is 0 Å². The molecular formula is C20H25N3O4. The van der Waals surface area contributed by atoms with E-state index in [4.69, 9.17) is 4.74 Å². The number of ether oxygens (including phenoxy) is 1. The summed E-state index contributed by atoms with van der Waals surface area (Å²) in [5.41, 5.74) is 2.11. The fourth-order valence-electron chi connectivity index (χ4n) is 2.85. The van der Waals surface area contributed by atoms with Crippen LogP contribution in [0.15, 0.2) is 30.3 Å². The van der Waals surface area contributed by atoms with E-state index in [0.29, 0.717) is 11.4 Å². The number of nitrogens with zero attached hydrogens (tertiary/aromatic N) is 2. The molecule has 144 valence electrons. The van der Waals surface area contributed by atoms with Crippen LogP contribution < -0.4 is 5.32 Å². The molecule has 0 fully saturated rings. The third-order valence-electron chi connectivity index (χ3n) is 4.19. The molecule has 1 unspecified atom stereocenters. The summed E-state index contributed by atoms with van der Waals surface area (Å²) in [5.74, 6) is -1.89. The SMILES string of the molecule is Cc1nn(C)c(C)c1C(=O)C(=O)NC(CC(=O)OC(C)C)c1ccccc1. The van der Waals surface area contributed by atoms with Crippen LogP contribution in [0.4, 0.5) is 0 Å². The number of Topliss-reactive ketones (excluding diaryl/α,β-unsaturated/α-hetero) is 1. The first-order chi connectivity index (χ1) is 12.7. The Labute approximate surface area is 158 Å². The van der Waals surface area contributed by atoms with Crippen LogP contribution in [-0.2, 0) is 21.4 Å². The average molecular weight is 371 g/mol. The molecule has 1 amide bonds. The highest BCUT2D eigenvalue weighted by molar-refractivity contribution is 6.43. The molecule has 1 aromatic carbocycles. The van der Waals surface area contributed by atoms with E-state index in [9.17, 15) is 14.4 Å². The summed E-state index contributed by atoms with van der Waals surface area (Å²) < 4.78 is 6.74. The predicted octanol–water partition coefficient (Wildman–Crippen LogP) is 2.42. The highest BCUT2D eigenvalue weighted by Gasteiger charge is 2.27. The maximum Gasteiger partial charge on any atom is 0.308 e. The number of hydrogen-bond donors (Lipinski definition) is 1. The number of rotatable bonds is 7. The molecule has 2 rings (SSSR count). The van der Waals surface area contributed by atoms with Crippen molar-refractivity contribution in [3.8, 4) is 0 Å². The van der Waals surface area contributed by atoms with E-state index in [1.165, 1.54) is 0 Å². The van der Waals surface area contributed by atoms with E-state index in [1.807, 2.05) is 6.07 Å². The minimum atomic E-state index is -0.777. The van der Waals surface area contributed by atoms with Gasteiger partial charge in [0.15, 0.2) is 0 Å². The van der Waals surface area contributed by atoms with Gasteiger partial charge in [0.05, 0.1) is 29.8 Å². The molecule has 1 heterocycles. The van der Waals surface area contributed by atoms with Crippen LogP contribution in [0.1, 0.15) is 53.6 Å². The molecule has 0 aliphatic heterocycles. The topological polar surface area (TPSA) is 90.3 Å². The maximum atomic E-state index is 12.6. The fraction of sp³-hybridized carbons (Fsp3) is 0.400. The highest BCUT2D eigenvalue weighted by atomic mass is 16.5. The van der Waals surface area contributed by atoms with E-state index in [1.54, 1.807) is 63.7 Å². The number of carbonyl (C=O) groups is 3. The summed E-state index contributed by atoms with van der Waals surface area (Å²) in [6, 6.07) is 8.37. The summed E-state index contributed by atoms with van der Waals surface area (Å²) in [4.78, 5) is 37.3. The second kappa shape index (κ2) is 8.62. The van der Waals surface area contributed by atoms with Gasteiger partial charge in [-0.2, -0.15) is 5.10 Å². The van der Waals surface area contributed by atoms with Crippen LogP contribution in [0.3, 0.4) is 0 Å². The van der Waals surface area contributed by atoms with Gasteiger partial charge in [0, 0.05) is 12.7 Å². The van der Waals surface area contributed by atoms with Crippen molar-refractivity contribution in [3.05, 3.63) is 52.8 Å². The number of ketones is 1. The van der Waals surface area contributed by atoms with Gasteiger partial charge in [0.2, 0.25) is 0 Å². The van der Waals surface area contributed by atoms with Crippen molar-refractivity contribution >= 4 is 17.7 Å². The van der Waals surface area contributed by atoms with Gasteiger partial charge in [-0.25, -0.2) is 0 Å². The van der Waals surface area contributed by atoms with Crippen LogP contribution in [0.2, 0.25) is 0 Å². The lowest BCUT2D eigenvalue weighted by Crippen LogP contribution is -2.36. The van der Waals surface area contributed by atoms with E-state index >= 15 is 0 Å². The van der Waals surface area contributed by atoms with Crippen molar-refractivity contribution in [3.63, 3.8) is 0 Å². The molecule has 0 aliphatic rings. The van der Waals surface area contributed by atoms with Gasteiger partial charge in [-0.1, -0.05) is 30.3 Å². The minimum absolute atomic E-state index is 0.0633. The molecule has 0 saturated carbocycles. The number of aryl methyl sites for hydroxylation is 2. The van der Waals surface area contributed by atoms with Crippen molar-refractivity contribution in [2.45, 2.75) is 46.3 Å². The third kappa shape index (κ3) is 5.03. The van der Waals surface area contributed by atoms with Crippen molar-refractivity contribution in [2.24, 2.45) is 7.05 Å². The Hall–Kier alpha value is -2.96. The molecule has 0 bridgehead atoms. The van der Waals surface area contributed by atoms with Crippen molar-refractivity contribution in [2.75, 3.05) is 0 Å². The van der Waals surface area contributed by atoms with Crippen LogP contribution in [-0.4, -0.2) is 33.5 Å². The molecule has 0 radical (unpaired) electrons. The number of benzene rings is 1. The molecule has 7 heteroatoms. The Morgan fingerprint density at radius 3 is 2.30 bits per heavy atom. The molecule has 1 atom stereocenters. The number of esters is 1. The minimum Gasteiger partial charge on any atom is -0.463 e. The zero-order valence-corrected chi connectivity index (χ0v) is 16.3. The van der Waals surface area contributed by atoms with Gasteiger partial charge in [0.1, 0.15) is 0 Å². The first-order valence-electron chi connectivity index (χ1n) is 8.80. The Kier molecular flexibility index (Phi) is 6.50. The number of nitrogens with one attached hydrogen (secondary N) is 1. The van der Waals surface area contributed by atoms with E-state index < -0.39 is 23.7 Å². The number of hydrogen-bond acceptors (Lipinski definition) is 5. The maximum absolute atomic E-state index is 12.6. The lowest BCUT2D eigenvalue weighted by Gasteiger charge is -2.19. The quantitative estimate of drug-likeness (QED) is 0.459. The second-order valence-electron chi connectivity index (χ2n) is 6.68. The van der Waals surface area contributed by atoms with Gasteiger partial charge in [-0.15, -0.1) is 0 Å². The van der Waals surface area contributed by atoms with Crippen molar-refractivity contribution in [1.29, 1.82) is 0 Å². The Morgan fingerprint density at radius 1 is 1.15 bits per heavy atom. The second-order valence-corrected chi connectivity index (χ2v) is 6.68. The molecule has 0 aliphatic carbocycles. The number of amides is 1. The van der Waals surface area contributed by atoms with Crippen molar-refractivity contribution < 1.29 is 19.1 Å². The van der Waals surface area contributed by atoms with Gasteiger partial charge in [-0.05, 0) is 33.3 Å². The predicted molar refractivity (Wildman–Crippen MR) is 100 cm³/mol. The standard InChI is InChI=1S/C20H25N3O4/c1-12(2)27-17(24)11-16(15-9-7-6-8-10-15)21-20(26)19(25)18-13(3)22-23(5)14(18)4/h6-10,12,16H,11H2,1-5H3,(H,21,26). The molecule has 27 heavy (non-hydrogen) atoms. The van der Waals surface area contributed by atoms with Gasteiger partial charge < -0.3 is 10.1 Å². The summed E-state index contributed by atoms with van der Waals surface area (Å²) in [6.07, 6.45) is -0.321. The molecule has 1 N–H and O–H groups in total. The molecule has 7 nitrogen and oxygen atoms in total. The average Bonchev–Trinajstić information content (AvgIpc) is 2.85. The summed E-state index contributed by atoms with van der Waals surface area (Å²) in [7, 11) is 1.71. The fourth-order valence-corrected chi connectivity index (χ4v) is 2.85. The Balaban J connectivity index is 2.22. The summed E-state index contributed by atoms with van der Waals surface area (Å²) in [6.45, 7) is 6.92. The van der Waals surface area contributed by atoms with Crippen LogP contribution in [0, 0.1) is 13.8 Å². The Morgan fingerprint density at radius 2 is 1.78 bits per heavy atom. The van der Waals surface area contributed by atoms with E-state index in [2.05, 4.69) is 10.4 Å². The molecule has 2 aromatic rings. The van der Waals surface area contributed by atoms with Gasteiger partial charge in [-0.3, -0.25) is 19.1 Å². The van der Waals surface area contributed by atoms with Crippen LogP contribution in [0.25, 0.3) is 0 Å². The largest absolute Gasteiger partial charge is 0.463 e. The van der Waals surface area contributed by atoms with E-state index in [-0.39, 0.29) is 18.1 Å². The lowest BCUT2D eigenvalue weighted by atomic mass is 10.0. The Bertz CT molecular complexity index is 840. The molecule has 1 aromatic heterocycles. The molecular weight excluding hydrogens is 346 g/mol. The van der Waals surface area contributed by atoms with Crippen LogP contribution in [0.5, 0.6) is 0 Å². The van der Waals surface area contributed by atoms with E-state index in [0.717, 1.165) is 5.56 Å². The first-order valence-corrected chi connectivity index (χ1v) is 8.80. The van der Waals surface area contributed by atoms with Gasteiger partial charge >= 0.3 is 5.97 Å². The summed E-state index contributed by atoms with van der Waals surface area (Å²) >= 11 is 0. The number of carbonyl (C=O) groups excluding carboxylic acids is 3. The highest BCUT2D eigenvalue weighted by Crippen LogP contribution is 2.19. The number of aromatic nitrogens is 2. The monoisotopic (exact) mass is 371 g/mol. The summed E-state index contributed by atoms with van der Waals surface area (Å²) in [5, 5.41) is 6.85. The lowest BCUT2D eigenvalue weighted by molar-refractivity contribution is -0.148. The zero-order valence-electron chi connectivity index (χ0n) is 16.3. The smallest absolute Gasteiger partial charge is 0.308 e. The normalized spacial score (nSPS) is 11.9. The molecule has 0 spiro atoms. The zero-order chi connectivity index (χ0) is 20.1. The first kappa shape index (κ1) is 20.4. The molecule has 0 saturated heterocycles. The van der Waals surface area contributed by atoms with Crippen molar-refractivity contribution in [1.82, 2.24) is 15.1 Å².